The Hall–Kier alpha value is -2.12. The molecule has 116 valence electrons. The molecule has 1 rings (SSSR count). The van der Waals surface area contributed by atoms with Gasteiger partial charge in [0.1, 0.15) is 5.56 Å². The maximum Gasteiger partial charge on any atom is 0.423 e. The number of rotatable bonds is 3. The van der Waals surface area contributed by atoms with E-state index in [1.54, 1.807) is 0 Å². The zero-order valence-corrected chi connectivity index (χ0v) is 11.7. The number of amides is 1. The Labute approximate surface area is 119 Å². The van der Waals surface area contributed by atoms with E-state index in [1.807, 2.05) is 20.8 Å². The number of anilines is 1. The van der Waals surface area contributed by atoms with E-state index in [9.17, 15) is 28.1 Å². The first-order chi connectivity index (χ1) is 9.40. The summed E-state index contributed by atoms with van der Waals surface area (Å²) < 4.78 is 38.3. The second kappa shape index (κ2) is 5.71. The molecule has 0 unspecified atom stereocenters. The molecule has 8 heteroatoms. The first-order valence-corrected chi connectivity index (χ1v) is 6.05. The lowest BCUT2D eigenvalue weighted by Crippen LogP contribution is -2.20. The minimum atomic E-state index is -4.87. The second-order valence-electron chi connectivity index (χ2n) is 5.77. The number of carbonyl (C=O) groups excluding carboxylic acids is 1. The van der Waals surface area contributed by atoms with Crippen molar-refractivity contribution in [2.45, 2.75) is 33.4 Å². The zero-order chi connectivity index (χ0) is 16.4. The van der Waals surface area contributed by atoms with Crippen molar-refractivity contribution in [1.29, 1.82) is 0 Å². The monoisotopic (exact) mass is 304 g/mol. The lowest BCUT2D eigenvalue weighted by atomic mass is 9.92. The van der Waals surface area contributed by atoms with Crippen LogP contribution in [0.25, 0.3) is 0 Å². The molecule has 0 aliphatic rings. The van der Waals surface area contributed by atoms with Crippen LogP contribution >= 0.6 is 0 Å². The van der Waals surface area contributed by atoms with Crippen molar-refractivity contribution in [3.05, 3.63) is 33.9 Å². The maximum absolute atomic E-state index is 12.8. The maximum atomic E-state index is 12.8. The lowest BCUT2D eigenvalue weighted by Gasteiger charge is -2.17. The molecule has 0 aliphatic heterocycles. The van der Waals surface area contributed by atoms with Crippen molar-refractivity contribution in [2.24, 2.45) is 5.41 Å². The van der Waals surface area contributed by atoms with Gasteiger partial charge in [-0.3, -0.25) is 14.9 Å². The molecule has 1 aromatic carbocycles. The molecule has 0 bridgehead atoms. The van der Waals surface area contributed by atoms with Gasteiger partial charge in [-0.25, -0.2) is 0 Å². The van der Waals surface area contributed by atoms with Crippen molar-refractivity contribution in [3.8, 4) is 0 Å². The summed E-state index contributed by atoms with van der Waals surface area (Å²) in [5.41, 5.74) is -2.88. The molecule has 1 aromatic rings. The zero-order valence-electron chi connectivity index (χ0n) is 11.7. The number of nitrogens with one attached hydrogen (secondary N) is 1. The Balaban J connectivity index is 3.07. The largest absolute Gasteiger partial charge is 0.423 e. The van der Waals surface area contributed by atoms with Gasteiger partial charge < -0.3 is 5.32 Å². The summed E-state index contributed by atoms with van der Waals surface area (Å²) in [7, 11) is 0. The summed E-state index contributed by atoms with van der Waals surface area (Å²) in [4.78, 5) is 21.2. The molecular weight excluding hydrogens is 289 g/mol. The molecule has 5 nitrogen and oxygen atoms in total. The van der Waals surface area contributed by atoms with Crippen molar-refractivity contribution in [2.75, 3.05) is 5.32 Å². The van der Waals surface area contributed by atoms with Gasteiger partial charge in [-0.1, -0.05) is 20.8 Å². The van der Waals surface area contributed by atoms with Gasteiger partial charge in [-0.2, -0.15) is 13.2 Å². The number of carbonyl (C=O) groups is 1. The van der Waals surface area contributed by atoms with Crippen LogP contribution in [0.3, 0.4) is 0 Å². The molecule has 0 spiro atoms. The number of benzene rings is 1. The van der Waals surface area contributed by atoms with Crippen LogP contribution in [-0.2, 0) is 11.0 Å². The Bertz CT molecular complexity index is 563. The highest BCUT2D eigenvalue weighted by Crippen LogP contribution is 2.37. The smallest absolute Gasteiger partial charge is 0.326 e. The van der Waals surface area contributed by atoms with Gasteiger partial charge in [0.2, 0.25) is 5.91 Å². The van der Waals surface area contributed by atoms with Crippen molar-refractivity contribution in [1.82, 2.24) is 0 Å². The molecule has 0 atom stereocenters. The first kappa shape index (κ1) is 16.9. The molecule has 0 heterocycles. The van der Waals surface area contributed by atoms with Crippen LogP contribution in [0, 0.1) is 15.5 Å². The normalized spacial score (nSPS) is 12.1. The van der Waals surface area contributed by atoms with Gasteiger partial charge >= 0.3 is 6.18 Å². The van der Waals surface area contributed by atoms with Gasteiger partial charge in [0.05, 0.1) is 4.92 Å². The van der Waals surface area contributed by atoms with Crippen LogP contribution in [0.1, 0.15) is 32.8 Å². The van der Waals surface area contributed by atoms with E-state index in [0.717, 1.165) is 12.1 Å². The molecular formula is C13H15F3N2O3. The van der Waals surface area contributed by atoms with Crippen LogP contribution in [0.2, 0.25) is 0 Å². The van der Waals surface area contributed by atoms with E-state index in [0.29, 0.717) is 6.07 Å². The summed E-state index contributed by atoms with van der Waals surface area (Å²) >= 11 is 0. The van der Waals surface area contributed by atoms with E-state index in [4.69, 9.17) is 0 Å². The van der Waals surface area contributed by atoms with E-state index >= 15 is 0 Å². The Morgan fingerprint density at radius 3 is 2.29 bits per heavy atom. The Morgan fingerprint density at radius 1 is 1.29 bits per heavy atom. The fourth-order valence-electron chi connectivity index (χ4n) is 1.69. The van der Waals surface area contributed by atoms with Gasteiger partial charge in [0, 0.05) is 18.2 Å². The third-order valence-electron chi connectivity index (χ3n) is 2.47. The number of hydrogen-bond acceptors (Lipinski definition) is 3. The predicted molar refractivity (Wildman–Crippen MR) is 70.8 cm³/mol. The Kier molecular flexibility index (Phi) is 4.60. The Morgan fingerprint density at radius 2 is 1.86 bits per heavy atom. The van der Waals surface area contributed by atoms with Crippen molar-refractivity contribution < 1.29 is 22.9 Å². The molecule has 0 fully saturated rings. The summed E-state index contributed by atoms with van der Waals surface area (Å²) in [6.45, 7) is 5.43. The minimum Gasteiger partial charge on any atom is -0.326 e. The fraction of sp³-hybridized carbons (Fsp3) is 0.462. The summed E-state index contributed by atoms with van der Waals surface area (Å²) in [6.07, 6.45) is -4.75. The molecule has 0 aliphatic carbocycles. The molecule has 0 saturated heterocycles. The molecule has 1 amide bonds. The third-order valence-corrected chi connectivity index (χ3v) is 2.47. The number of alkyl halides is 3. The van der Waals surface area contributed by atoms with E-state index < -0.39 is 28.3 Å². The van der Waals surface area contributed by atoms with Crippen LogP contribution < -0.4 is 5.32 Å². The SMILES string of the molecule is CC(C)(C)CC(=O)Nc1ccc([N+](=O)[O-])c(C(F)(F)F)c1. The van der Waals surface area contributed by atoms with Crippen molar-refractivity contribution >= 4 is 17.3 Å². The van der Waals surface area contributed by atoms with Gasteiger partial charge in [-0.15, -0.1) is 0 Å². The highest BCUT2D eigenvalue weighted by molar-refractivity contribution is 5.91. The molecule has 0 radical (unpaired) electrons. The number of hydrogen-bond donors (Lipinski definition) is 1. The third kappa shape index (κ3) is 5.05. The van der Waals surface area contributed by atoms with Crippen molar-refractivity contribution in [3.63, 3.8) is 0 Å². The number of nitro benzene ring substituents is 1. The van der Waals surface area contributed by atoms with Gasteiger partial charge in [0.25, 0.3) is 5.69 Å². The van der Waals surface area contributed by atoms with E-state index in [1.165, 1.54) is 0 Å². The summed E-state index contributed by atoms with van der Waals surface area (Å²) in [5, 5.41) is 12.9. The number of halogens is 3. The summed E-state index contributed by atoms with van der Waals surface area (Å²) in [5.74, 6) is -0.454. The minimum absolute atomic E-state index is 0.116. The van der Waals surface area contributed by atoms with E-state index in [-0.39, 0.29) is 17.5 Å². The highest BCUT2D eigenvalue weighted by Gasteiger charge is 2.38. The van der Waals surface area contributed by atoms with E-state index in [2.05, 4.69) is 5.32 Å². The lowest BCUT2D eigenvalue weighted by molar-refractivity contribution is -0.388. The number of nitro groups is 1. The topological polar surface area (TPSA) is 72.2 Å². The van der Waals surface area contributed by atoms with Crippen LogP contribution in [-0.4, -0.2) is 10.8 Å². The molecule has 21 heavy (non-hydrogen) atoms. The molecule has 0 aromatic heterocycles. The molecule has 1 N–H and O–H groups in total. The molecule has 0 saturated carbocycles. The van der Waals surface area contributed by atoms with Gasteiger partial charge in [0.15, 0.2) is 0 Å². The average Bonchev–Trinajstić information content (AvgIpc) is 2.24. The second-order valence-corrected chi connectivity index (χ2v) is 5.77. The quantitative estimate of drug-likeness (QED) is 0.678. The van der Waals surface area contributed by atoms with Gasteiger partial charge in [-0.05, 0) is 17.5 Å². The average molecular weight is 304 g/mol. The first-order valence-electron chi connectivity index (χ1n) is 6.05. The highest BCUT2D eigenvalue weighted by atomic mass is 19.4. The number of nitrogens with zero attached hydrogens (tertiary/aromatic N) is 1. The van der Waals surface area contributed by atoms with Crippen LogP contribution in [0.4, 0.5) is 24.5 Å². The predicted octanol–water partition coefficient (Wildman–Crippen LogP) is 3.99. The fourth-order valence-corrected chi connectivity index (χ4v) is 1.69. The standard InChI is InChI=1S/C13H15F3N2O3/c1-12(2,3)7-11(19)17-8-4-5-10(18(20)21)9(6-8)13(14,15)16/h4-6H,7H2,1-3H3,(H,17,19). The summed E-state index contributed by atoms with van der Waals surface area (Å²) in [6, 6.07) is 2.38. The van der Waals surface area contributed by atoms with Crippen LogP contribution in [0.15, 0.2) is 18.2 Å². The van der Waals surface area contributed by atoms with Crippen LogP contribution in [0.5, 0.6) is 0 Å².